The van der Waals surface area contributed by atoms with Gasteiger partial charge < -0.3 is 0 Å². The minimum Gasteiger partial charge on any atom is -0.289 e. The van der Waals surface area contributed by atoms with Crippen molar-refractivity contribution in [2.45, 2.75) is 48.5 Å². The van der Waals surface area contributed by atoms with Crippen molar-refractivity contribution in [1.29, 1.82) is 0 Å². The largest absolute Gasteiger partial charge is 0.289 e. The molecule has 0 spiro atoms. The highest BCUT2D eigenvalue weighted by Gasteiger charge is 2.15. The van der Waals surface area contributed by atoms with Gasteiger partial charge in [0, 0.05) is 22.3 Å². The molecule has 0 radical (unpaired) electrons. The van der Waals surface area contributed by atoms with E-state index in [1.807, 2.05) is 84.9 Å². The van der Waals surface area contributed by atoms with Crippen molar-refractivity contribution in [2.75, 3.05) is 0 Å². The number of benzene rings is 2. The van der Waals surface area contributed by atoms with Gasteiger partial charge in [0.1, 0.15) is 0 Å². The number of Topliss-reactive ketones (excluding diaryl/α,β-unsaturated/α-hetero) is 1. The zero-order valence-corrected chi connectivity index (χ0v) is 17.7. The molecule has 2 nitrogen and oxygen atoms in total. The number of ketones is 2. The highest BCUT2D eigenvalue weighted by atomic mass is 16.1. The zero-order valence-electron chi connectivity index (χ0n) is 17.7. The third-order valence-corrected chi connectivity index (χ3v) is 3.56. The molecule has 0 bridgehead atoms. The smallest absolute Gasteiger partial charge is 0.193 e. The van der Waals surface area contributed by atoms with Gasteiger partial charge in [-0.15, -0.1) is 0 Å². The summed E-state index contributed by atoms with van der Waals surface area (Å²) >= 11 is 0. The minimum absolute atomic E-state index is 0.0728. The highest BCUT2D eigenvalue weighted by Crippen LogP contribution is 2.18. The van der Waals surface area contributed by atoms with Crippen LogP contribution in [-0.4, -0.2) is 11.6 Å². The molecule has 0 saturated carbocycles. The molecule has 2 aromatic carbocycles. The van der Waals surface area contributed by atoms with Gasteiger partial charge in [-0.05, 0) is 44.5 Å². The fourth-order valence-electron chi connectivity index (χ4n) is 2.45. The van der Waals surface area contributed by atoms with Crippen LogP contribution in [0.3, 0.4) is 0 Å². The molecule has 0 amide bonds. The van der Waals surface area contributed by atoms with Crippen molar-refractivity contribution < 1.29 is 9.59 Å². The van der Waals surface area contributed by atoms with Crippen molar-refractivity contribution in [3.8, 4) is 0 Å². The van der Waals surface area contributed by atoms with E-state index < -0.39 is 0 Å². The van der Waals surface area contributed by atoms with Crippen LogP contribution in [0.15, 0.2) is 72.3 Å². The number of aryl methyl sites for hydroxylation is 1. The maximum Gasteiger partial charge on any atom is 0.193 e. The molecule has 0 unspecified atom stereocenters. The number of carbonyl (C=O) groups excluding carboxylic acids is 2. The fraction of sp³-hybridized carbons (Fsp3) is 0.280. The standard InChI is InChI=1S/C21H20O2.2C2H6/c1-4-9-16(5-2)20(22)18-12-15(3)13-19(14-18)21(23)17-10-7-6-8-11-17;2*1-2/h4-14H,1-3H3;2*1-2H3/b9-4-,16-5+;;. The molecule has 0 aliphatic heterocycles. The van der Waals surface area contributed by atoms with E-state index in [0.717, 1.165) is 5.56 Å². The van der Waals surface area contributed by atoms with Gasteiger partial charge in [0.25, 0.3) is 0 Å². The van der Waals surface area contributed by atoms with Crippen LogP contribution in [0.5, 0.6) is 0 Å². The van der Waals surface area contributed by atoms with Crippen LogP contribution in [0.4, 0.5) is 0 Å². The summed E-state index contributed by atoms with van der Waals surface area (Å²) < 4.78 is 0. The van der Waals surface area contributed by atoms with E-state index in [2.05, 4.69) is 0 Å². The first-order valence-corrected chi connectivity index (χ1v) is 9.62. The normalized spacial score (nSPS) is 10.4. The molecule has 2 aromatic rings. The Morgan fingerprint density at radius 2 is 1.33 bits per heavy atom. The van der Waals surface area contributed by atoms with Gasteiger partial charge in [-0.1, -0.05) is 76.3 Å². The molecule has 0 aromatic heterocycles. The third kappa shape index (κ3) is 7.18. The predicted molar refractivity (Wildman–Crippen MR) is 117 cm³/mol. The summed E-state index contributed by atoms with van der Waals surface area (Å²) in [5.74, 6) is -0.146. The number of hydrogen-bond acceptors (Lipinski definition) is 2. The maximum atomic E-state index is 12.6. The van der Waals surface area contributed by atoms with Gasteiger partial charge in [0.05, 0.1) is 0 Å². The summed E-state index contributed by atoms with van der Waals surface area (Å²) in [6.45, 7) is 13.6. The monoisotopic (exact) mass is 364 g/mol. The zero-order chi connectivity index (χ0) is 20.8. The van der Waals surface area contributed by atoms with E-state index in [-0.39, 0.29) is 11.6 Å². The minimum atomic E-state index is -0.0728. The molecule has 0 aliphatic rings. The molecule has 144 valence electrons. The van der Waals surface area contributed by atoms with Crippen LogP contribution >= 0.6 is 0 Å². The average molecular weight is 365 g/mol. The van der Waals surface area contributed by atoms with Crippen molar-refractivity contribution in [1.82, 2.24) is 0 Å². The molecule has 0 aliphatic carbocycles. The Labute approximate surface area is 164 Å². The first kappa shape index (κ1) is 24.3. The van der Waals surface area contributed by atoms with E-state index >= 15 is 0 Å². The second-order valence-electron chi connectivity index (χ2n) is 5.36. The van der Waals surface area contributed by atoms with Gasteiger partial charge in [-0.3, -0.25) is 9.59 Å². The summed E-state index contributed by atoms with van der Waals surface area (Å²) in [4.78, 5) is 25.2. The van der Waals surface area contributed by atoms with Gasteiger partial charge in [0.2, 0.25) is 0 Å². The molecule has 0 heterocycles. The van der Waals surface area contributed by atoms with Gasteiger partial charge in [-0.25, -0.2) is 0 Å². The molecular weight excluding hydrogens is 332 g/mol. The predicted octanol–water partition coefficient (Wildman–Crippen LogP) is 6.98. The van der Waals surface area contributed by atoms with E-state index in [4.69, 9.17) is 0 Å². The molecular formula is C25H32O2. The molecule has 27 heavy (non-hydrogen) atoms. The second-order valence-corrected chi connectivity index (χ2v) is 5.36. The van der Waals surface area contributed by atoms with E-state index in [9.17, 15) is 9.59 Å². The van der Waals surface area contributed by atoms with Crippen LogP contribution < -0.4 is 0 Å². The molecule has 2 rings (SSSR count). The lowest BCUT2D eigenvalue weighted by Crippen LogP contribution is -2.07. The van der Waals surface area contributed by atoms with E-state index in [0.29, 0.717) is 22.3 Å². The number of carbonyl (C=O) groups is 2. The lowest BCUT2D eigenvalue weighted by Gasteiger charge is -2.07. The number of allylic oxidation sites excluding steroid dienone is 4. The molecule has 2 heteroatoms. The summed E-state index contributed by atoms with van der Waals surface area (Å²) in [7, 11) is 0. The lowest BCUT2D eigenvalue weighted by atomic mass is 9.95. The van der Waals surface area contributed by atoms with Crippen LogP contribution in [0, 0.1) is 6.92 Å². The summed E-state index contributed by atoms with van der Waals surface area (Å²) in [6.07, 6.45) is 5.39. The van der Waals surface area contributed by atoms with Crippen LogP contribution in [0.2, 0.25) is 0 Å². The first-order valence-electron chi connectivity index (χ1n) is 9.62. The number of hydrogen-bond donors (Lipinski definition) is 0. The molecule has 0 saturated heterocycles. The van der Waals surface area contributed by atoms with Crippen LogP contribution in [-0.2, 0) is 0 Å². The van der Waals surface area contributed by atoms with E-state index in [1.54, 1.807) is 30.4 Å². The Hall–Kier alpha value is -2.74. The number of rotatable bonds is 5. The van der Waals surface area contributed by atoms with Crippen LogP contribution in [0.1, 0.15) is 73.4 Å². The summed E-state index contributed by atoms with van der Waals surface area (Å²) in [5.41, 5.74) is 3.21. The van der Waals surface area contributed by atoms with Gasteiger partial charge in [-0.2, -0.15) is 0 Å². The third-order valence-electron chi connectivity index (χ3n) is 3.56. The van der Waals surface area contributed by atoms with Crippen LogP contribution in [0.25, 0.3) is 0 Å². The lowest BCUT2D eigenvalue weighted by molar-refractivity contribution is 0.103. The second kappa shape index (κ2) is 13.5. The Balaban J connectivity index is 0.00000158. The summed E-state index contributed by atoms with van der Waals surface area (Å²) in [5, 5.41) is 0. The van der Waals surface area contributed by atoms with Crippen molar-refractivity contribution in [2.24, 2.45) is 0 Å². The Morgan fingerprint density at radius 1 is 0.778 bits per heavy atom. The Kier molecular flexibility index (Phi) is 12.1. The molecule has 0 atom stereocenters. The average Bonchev–Trinajstić information content (AvgIpc) is 2.74. The van der Waals surface area contributed by atoms with E-state index in [1.165, 1.54) is 0 Å². The van der Waals surface area contributed by atoms with Gasteiger partial charge in [0.15, 0.2) is 11.6 Å². The maximum absolute atomic E-state index is 12.6. The first-order chi connectivity index (χ1) is 13.1. The van der Waals surface area contributed by atoms with Crippen molar-refractivity contribution >= 4 is 11.6 Å². The summed E-state index contributed by atoms with van der Waals surface area (Å²) in [6, 6.07) is 14.4. The van der Waals surface area contributed by atoms with Gasteiger partial charge >= 0.3 is 0 Å². The van der Waals surface area contributed by atoms with Crippen molar-refractivity contribution in [3.05, 3.63) is 94.6 Å². The van der Waals surface area contributed by atoms with Crippen molar-refractivity contribution in [3.63, 3.8) is 0 Å². The highest BCUT2D eigenvalue weighted by molar-refractivity contribution is 6.14. The fourth-order valence-corrected chi connectivity index (χ4v) is 2.45. The quantitative estimate of drug-likeness (QED) is 0.326. The molecule has 0 fully saturated rings. The topological polar surface area (TPSA) is 34.1 Å². The molecule has 0 N–H and O–H groups in total. The Bertz CT molecular complexity index is 781. The Morgan fingerprint density at radius 3 is 1.85 bits per heavy atom. The SMILES string of the molecule is C/C=C\C(=C/C)C(=O)c1cc(C)cc(C(=O)c2ccccc2)c1.CC.CC.